The highest BCUT2D eigenvalue weighted by atomic mass is 79.9. The Morgan fingerprint density at radius 2 is 1.44 bits per heavy atom. The van der Waals surface area contributed by atoms with Crippen LogP contribution in [0, 0.1) is 0 Å². The molecular weight excluding hydrogens is 478 g/mol. The number of hydrogen-bond donors (Lipinski definition) is 2. The first-order valence-electron chi connectivity index (χ1n) is 9.77. The third-order valence-corrected chi connectivity index (χ3v) is 5.30. The van der Waals surface area contributed by atoms with E-state index in [0.717, 1.165) is 20.3 Å². The van der Waals surface area contributed by atoms with E-state index in [9.17, 15) is 5.21 Å². The molecule has 0 aliphatic rings. The zero-order valence-corrected chi connectivity index (χ0v) is 20.0. The minimum absolute atomic E-state index is 0.315. The van der Waals surface area contributed by atoms with E-state index >= 15 is 0 Å². The Kier molecular flexibility index (Phi) is 7.88. The summed E-state index contributed by atoms with van der Waals surface area (Å²) < 4.78 is 23.1. The van der Waals surface area contributed by atoms with Crippen molar-refractivity contribution < 1.29 is 24.2 Å². The largest absolute Gasteiger partial charge is 0.497 e. The van der Waals surface area contributed by atoms with E-state index in [1.807, 2.05) is 30.3 Å². The molecule has 0 aliphatic carbocycles. The molecule has 32 heavy (non-hydrogen) atoms. The summed E-state index contributed by atoms with van der Waals surface area (Å²) in [4.78, 5) is 4.55. The molecule has 3 aromatic rings. The van der Waals surface area contributed by atoms with Crippen LogP contribution in [0.4, 0.5) is 5.82 Å². The number of benzene rings is 2. The van der Waals surface area contributed by atoms with Crippen LogP contribution in [-0.4, -0.2) is 38.4 Å². The summed E-state index contributed by atoms with van der Waals surface area (Å²) in [6, 6.07) is 14.6. The Labute approximate surface area is 195 Å². The van der Waals surface area contributed by atoms with Crippen LogP contribution in [-0.2, 0) is 13.1 Å². The monoisotopic (exact) mass is 503 g/mol. The van der Waals surface area contributed by atoms with Crippen LogP contribution in [0.2, 0.25) is 0 Å². The maximum atomic E-state index is 10.7. The van der Waals surface area contributed by atoms with Crippen molar-refractivity contribution in [2.24, 2.45) is 4.99 Å². The van der Waals surface area contributed by atoms with E-state index < -0.39 is 0 Å². The molecule has 0 spiro atoms. The van der Waals surface area contributed by atoms with Gasteiger partial charge in [-0.1, -0.05) is 15.9 Å². The SMILES string of the molecule is COc1ccc(CN=c2cc(Br)cc(NCc3ccc(OC)cc3OC)n2O)c(OC)c1. The predicted octanol–water partition coefficient (Wildman–Crippen LogP) is 4.24. The summed E-state index contributed by atoms with van der Waals surface area (Å²) in [7, 11) is 6.41. The van der Waals surface area contributed by atoms with Crippen molar-refractivity contribution in [3.63, 3.8) is 0 Å². The summed E-state index contributed by atoms with van der Waals surface area (Å²) >= 11 is 3.49. The number of rotatable bonds is 9. The third-order valence-electron chi connectivity index (χ3n) is 4.85. The first-order valence-corrected chi connectivity index (χ1v) is 10.6. The molecule has 1 heterocycles. The summed E-state index contributed by atoms with van der Waals surface area (Å²) in [5.41, 5.74) is 2.15. The van der Waals surface area contributed by atoms with Crippen molar-refractivity contribution in [3.05, 3.63) is 69.6 Å². The lowest BCUT2D eigenvalue weighted by molar-refractivity contribution is 0.176. The van der Waals surface area contributed by atoms with Crippen LogP contribution >= 0.6 is 15.9 Å². The second kappa shape index (κ2) is 10.8. The maximum absolute atomic E-state index is 10.7. The van der Waals surface area contributed by atoms with Crippen LogP contribution in [0.1, 0.15) is 11.1 Å². The molecular formula is C23H26BrN3O5. The van der Waals surface area contributed by atoms with E-state index in [-0.39, 0.29) is 0 Å². The van der Waals surface area contributed by atoms with Crippen LogP contribution in [0.3, 0.4) is 0 Å². The predicted molar refractivity (Wildman–Crippen MR) is 125 cm³/mol. The topological polar surface area (TPSA) is 86.5 Å². The Morgan fingerprint density at radius 1 is 0.844 bits per heavy atom. The lowest BCUT2D eigenvalue weighted by atomic mass is 10.2. The number of ether oxygens (including phenoxy) is 4. The molecule has 0 saturated heterocycles. The van der Waals surface area contributed by atoms with E-state index in [4.69, 9.17) is 18.9 Å². The smallest absolute Gasteiger partial charge is 0.167 e. The molecule has 0 fully saturated rings. The number of nitrogens with one attached hydrogen (secondary N) is 1. The molecule has 0 unspecified atom stereocenters. The minimum atomic E-state index is 0.315. The highest BCUT2D eigenvalue weighted by Gasteiger charge is 2.09. The Balaban J connectivity index is 1.85. The van der Waals surface area contributed by atoms with Gasteiger partial charge in [0.15, 0.2) is 5.49 Å². The molecule has 0 saturated carbocycles. The van der Waals surface area contributed by atoms with E-state index in [2.05, 4.69) is 26.2 Å². The van der Waals surface area contributed by atoms with Gasteiger partial charge in [-0.25, -0.2) is 0 Å². The van der Waals surface area contributed by atoms with Crippen molar-refractivity contribution in [1.29, 1.82) is 0 Å². The van der Waals surface area contributed by atoms with Crippen molar-refractivity contribution >= 4 is 21.7 Å². The Bertz CT molecular complexity index is 1150. The average molecular weight is 504 g/mol. The van der Waals surface area contributed by atoms with Gasteiger partial charge in [-0.3, -0.25) is 4.99 Å². The molecule has 0 bridgehead atoms. The molecule has 1 aromatic heterocycles. The number of hydrogen-bond acceptors (Lipinski definition) is 7. The number of halogens is 1. The zero-order valence-electron chi connectivity index (χ0n) is 18.4. The molecule has 2 aromatic carbocycles. The molecule has 9 heteroatoms. The van der Waals surface area contributed by atoms with Gasteiger partial charge in [0.1, 0.15) is 28.8 Å². The average Bonchev–Trinajstić information content (AvgIpc) is 2.83. The number of nitrogens with zero attached hydrogens (tertiary/aromatic N) is 2. The quantitative estimate of drug-likeness (QED) is 0.424. The first-order chi connectivity index (χ1) is 15.5. The maximum Gasteiger partial charge on any atom is 0.167 e. The molecule has 0 radical (unpaired) electrons. The van der Waals surface area contributed by atoms with Crippen molar-refractivity contribution in [2.75, 3.05) is 33.8 Å². The van der Waals surface area contributed by atoms with Crippen molar-refractivity contribution in [2.45, 2.75) is 13.1 Å². The van der Waals surface area contributed by atoms with Gasteiger partial charge in [-0.15, -0.1) is 0 Å². The van der Waals surface area contributed by atoms with Gasteiger partial charge in [0.2, 0.25) is 0 Å². The standard InChI is InChI=1S/C23H26BrN3O5/c1-29-18-7-5-15(20(11-18)31-3)13-25-22-9-17(24)10-23(27(22)28)26-14-16-6-8-19(30-2)12-21(16)32-4/h5-12,25,28H,13-14H2,1-4H3. The zero-order chi connectivity index (χ0) is 23.1. The number of aromatic nitrogens is 1. The van der Waals surface area contributed by atoms with Gasteiger partial charge in [0, 0.05) is 34.3 Å². The molecule has 3 rings (SSSR count). The first kappa shape index (κ1) is 23.3. The highest BCUT2D eigenvalue weighted by molar-refractivity contribution is 9.10. The summed E-state index contributed by atoms with van der Waals surface area (Å²) in [6.45, 7) is 0.742. The number of methoxy groups -OCH3 is 4. The van der Waals surface area contributed by atoms with Crippen LogP contribution < -0.4 is 29.8 Å². The fourth-order valence-corrected chi connectivity index (χ4v) is 3.53. The molecule has 0 aliphatic heterocycles. The summed E-state index contributed by atoms with van der Waals surface area (Å²) in [5.74, 6) is 3.23. The minimum Gasteiger partial charge on any atom is -0.497 e. The van der Waals surface area contributed by atoms with Gasteiger partial charge in [-0.2, -0.15) is 4.73 Å². The van der Waals surface area contributed by atoms with Gasteiger partial charge in [-0.05, 0) is 36.4 Å². The van der Waals surface area contributed by atoms with Crippen LogP contribution in [0.25, 0.3) is 0 Å². The van der Waals surface area contributed by atoms with Gasteiger partial charge >= 0.3 is 0 Å². The molecule has 8 nitrogen and oxygen atoms in total. The fraction of sp³-hybridized carbons (Fsp3) is 0.261. The number of anilines is 1. The van der Waals surface area contributed by atoms with Crippen LogP contribution in [0.5, 0.6) is 23.0 Å². The molecule has 0 amide bonds. The normalized spacial score (nSPS) is 11.2. The molecule has 0 atom stereocenters. The number of pyridine rings is 1. The fourth-order valence-electron chi connectivity index (χ4n) is 3.11. The van der Waals surface area contributed by atoms with Crippen molar-refractivity contribution in [3.8, 4) is 23.0 Å². The third kappa shape index (κ3) is 5.47. The Morgan fingerprint density at radius 3 is 2.03 bits per heavy atom. The van der Waals surface area contributed by atoms with E-state index in [1.54, 1.807) is 46.6 Å². The second-order valence-corrected chi connectivity index (χ2v) is 7.67. The van der Waals surface area contributed by atoms with Gasteiger partial charge in [0.25, 0.3) is 0 Å². The highest BCUT2D eigenvalue weighted by Crippen LogP contribution is 2.26. The van der Waals surface area contributed by atoms with Crippen LogP contribution in [0.15, 0.2) is 58.0 Å². The van der Waals surface area contributed by atoms with Gasteiger partial charge < -0.3 is 29.5 Å². The van der Waals surface area contributed by atoms with E-state index in [0.29, 0.717) is 47.4 Å². The van der Waals surface area contributed by atoms with Crippen molar-refractivity contribution in [1.82, 2.24) is 4.73 Å². The second-order valence-electron chi connectivity index (χ2n) is 6.75. The molecule has 2 N–H and O–H groups in total. The summed E-state index contributed by atoms with van der Waals surface area (Å²) in [5, 5.41) is 13.9. The van der Waals surface area contributed by atoms with E-state index in [1.165, 1.54) is 0 Å². The Hall–Kier alpha value is -3.33. The lowest BCUT2D eigenvalue weighted by Crippen LogP contribution is -2.22. The lowest BCUT2D eigenvalue weighted by Gasteiger charge is -2.14. The summed E-state index contributed by atoms with van der Waals surface area (Å²) in [6.07, 6.45) is 0. The molecule has 170 valence electrons. The van der Waals surface area contributed by atoms with Gasteiger partial charge in [0.05, 0.1) is 35.0 Å².